The average Bonchev–Trinajstić information content (AvgIpc) is 2.67. The van der Waals surface area contributed by atoms with Crippen LogP contribution in [0.25, 0.3) is 0 Å². The smallest absolute Gasteiger partial charge is 0.0950 e. The molecule has 0 aliphatic carbocycles. The van der Waals surface area contributed by atoms with Gasteiger partial charge in [0.05, 0.1) is 18.6 Å². The minimum atomic E-state index is 0.0261. The Morgan fingerprint density at radius 1 is 1.43 bits per heavy atom. The molecule has 0 saturated carbocycles. The number of hydrogen-bond acceptors (Lipinski definition) is 3. The Kier molecular flexibility index (Phi) is 4.62. The summed E-state index contributed by atoms with van der Waals surface area (Å²) in [6.45, 7) is 8.49. The molecule has 1 N–H and O–H groups in total. The predicted octanol–water partition coefficient (Wildman–Crippen LogP) is 0.717. The highest BCUT2D eigenvalue weighted by atomic mass is 16.3. The quantitative estimate of drug-likeness (QED) is 0.730. The molecule has 80 valence electrons. The molecule has 0 bridgehead atoms. The maximum atomic E-state index is 8.83. The Hall–Kier alpha value is -0.870. The molecule has 0 spiro atoms. The van der Waals surface area contributed by atoms with Crippen molar-refractivity contribution in [3.63, 3.8) is 0 Å². The van der Waals surface area contributed by atoms with Crippen molar-refractivity contribution in [2.75, 3.05) is 19.6 Å². The van der Waals surface area contributed by atoms with Gasteiger partial charge in [-0.2, -0.15) is 0 Å². The van der Waals surface area contributed by atoms with Gasteiger partial charge >= 0.3 is 0 Å². The van der Waals surface area contributed by atoms with E-state index in [0.717, 1.165) is 31.9 Å². The van der Waals surface area contributed by atoms with Crippen molar-refractivity contribution < 1.29 is 5.11 Å². The first-order chi connectivity index (χ1) is 6.80. The fourth-order valence-corrected chi connectivity index (χ4v) is 1.41. The molecule has 0 saturated heterocycles. The second kappa shape index (κ2) is 5.78. The third-order valence-corrected chi connectivity index (χ3v) is 2.42. The molecule has 1 aromatic rings. The van der Waals surface area contributed by atoms with Gasteiger partial charge in [-0.15, -0.1) is 0 Å². The fourth-order valence-electron chi connectivity index (χ4n) is 1.41. The summed E-state index contributed by atoms with van der Waals surface area (Å²) in [5, 5.41) is 8.83. The van der Waals surface area contributed by atoms with E-state index in [-0.39, 0.29) is 6.61 Å². The van der Waals surface area contributed by atoms with E-state index in [2.05, 4.69) is 23.7 Å². The van der Waals surface area contributed by atoms with Gasteiger partial charge in [0.1, 0.15) is 0 Å². The highest BCUT2D eigenvalue weighted by molar-refractivity contribution is 4.94. The minimum absolute atomic E-state index is 0.0261. The zero-order valence-corrected chi connectivity index (χ0v) is 8.98. The van der Waals surface area contributed by atoms with Gasteiger partial charge in [0, 0.05) is 19.3 Å². The molecule has 0 aliphatic heterocycles. The molecule has 4 heteroatoms. The molecule has 0 atom stereocenters. The van der Waals surface area contributed by atoms with Crippen LogP contribution in [-0.4, -0.2) is 39.2 Å². The number of aliphatic hydroxyl groups is 1. The lowest BCUT2D eigenvalue weighted by atomic mass is 10.4. The van der Waals surface area contributed by atoms with Gasteiger partial charge in [-0.05, 0) is 13.1 Å². The van der Waals surface area contributed by atoms with Crippen molar-refractivity contribution in [2.45, 2.75) is 27.0 Å². The molecule has 1 rings (SSSR count). The molecular weight excluding hydrogens is 178 g/mol. The van der Waals surface area contributed by atoms with Crippen LogP contribution in [0.2, 0.25) is 0 Å². The molecule has 0 unspecified atom stereocenters. The van der Waals surface area contributed by atoms with E-state index < -0.39 is 0 Å². The summed E-state index contributed by atoms with van der Waals surface area (Å²) in [5.41, 5.74) is 0.740. The Labute approximate surface area is 85.2 Å². The predicted molar refractivity (Wildman–Crippen MR) is 55.9 cm³/mol. The van der Waals surface area contributed by atoms with Gasteiger partial charge in [-0.1, -0.05) is 13.8 Å². The van der Waals surface area contributed by atoms with E-state index in [9.17, 15) is 0 Å². The lowest BCUT2D eigenvalue weighted by Crippen LogP contribution is -2.26. The van der Waals surface area contributed by atoms with Crippen LogP contribution >= 0.6 is 0 Å². The molecule has 0 aliphatic rings. The largest absolute Gasteiger partial charge is 0.390 e. The topological polar surface area (TPSA) is 41.3 Å². The number of hydrogen-bond donors (Lipinski definition) is 1. The zero-order chi connectivity index (χ0) is 10.4. The van der Waals surface area contributed by atoms with Gasteiger partial charge in [0.2, 0.25) is 0 Å². The van der Waals surface area contributed by atoms with E-state index in [4.69, 9.17) is 5.11 Å². The first-order valence-corrected chi connectivity index (χ1v) is 5.14. The zero-order valence-electron chi connectivity index (χ0n) is 8.98. The third kappa shape index (κ3) is 3.12. The van der Waals surface area contributed by atoms with E-state index in [0.29, 0.717) is 0 Å². The number of aliphatic hydroxyl groups excluding tert-OH is 1. The standard InChI is InChI=1S/C10H19N3O/c1-3-12(4-2)5-6-13-7-10(8-14)11-9-13/h7,9,14H,3-6,8H2,1-2H3. The molecule has 4 nitrogen and oxygen atoms in total. The van der Waals surface area contributed by atoms with Crippen LogP contribution in [0, 0.1) is 0 Å². The van der Waals surface area contributed by atoms with E-state index in [1.54, 1.807) is 6.33 Å². The maximum Gasteiger partial charge on any atom is 0.0950 e. The molecule has 0 aromatic carbocycles. The average molecular weight is 197 g/mol. The van der Waals surface area contributed by atoms with E-state index in [1.807, 2.05) is 10.8 Å². The summed E-state index contributed by atoms with van der Waals surface area (Å²) >= 11 is 0. The van der Waals surface area contributed by atoms with Gasteiger partial charge < -0.3 is 14.6 Å². The van der Waals surface area contributed by atoms with Crippen molar-refractivity contribution in [1.82, 2.24) is 14.5 Å². The van der Waals surface area contributed by atoms with Crippen LogP contribution in [0.5, 0.6) is 0 Å². The van der Waals surface area contributed by atoms with Crippen LogP contribution in [-0.2, 0) is 13.2 Å². The summed E-state index contributed by atoms with van der Waals surface area (Å²) in [4.78, 5) is 6.42. The monoisotopic (exact) mass is 197 g/mol. The first-order valence-electron chi connectivity index (χ1n) is 5.14. The fraction of sp³-hybridized carbons (Fsp3) is 0.700. The van der Waals surface area contributed by atoms with Crippen molar-refractivity contribution in [1.29, 1.82) is 0 Å². The van der Waals surface area contributed by atoms with Crippen molar-refractivity contribution in [3.05, 3.63) is 18.2 Å². The van der Waals surface area contributed by atoms with Crippen LogP contribution in [0.1, 0.15) is 19.5 Å². The van der Waals surface area contributed by atoms with Crippen molar-refractivity contribution >= 4 is 0 Å². The highest BCUT2D eigenvalue weighted by Gasteiger charge is 2.00. The number of rotatable bonds is 6. The van der Waals surface area contributed by atoms with E-state index in [1.165, 1.54) is 0 Å². The Morgan fingerprint density at radius 2 is 2.14 bits per heavy atom. The molecule has 0 amide bonds. The molecule has 0 radical (unpaired) electrons. The Bertz CT molecular complexity index is 256. The number of aromatic nitrogens is 2. The van der Waals surface area contributed by atoms with Gasteiger partial charge in [-0.25, -0.2) is 4.98 Å². The summed E-state index contributed by atoms with van der Waals surface area (Å²) in [6, 6.07) is 0. The van der Waals surface area contributed by atoms with E-state index >= 15 is 0 Å². The summed E-state index contributed by atoms with van der Waals surface area (Å²) in [6.07, 6.45) is 3.67. The second-order valence-electron chi connectivity index (χ2n) is 3.29. The molecular formula is C10H19N3O. The maximum absolute atomic E-state index is 8.83. The van der Waals surface area contributed by atoms with Crippen molar-refractivity contribution in [2.24, 2.45) is 0 Å². The Balaban J connectivity index is 2.37. The van der Waals surface area contributed by atoms with Crippen LogP contribution < -0.4 is 0 Å². The van der Waals surface area contributed by atoms with Crippen LogP contribution in [0.4, 0.5) is 0 Å². The summed E-state index contributed by atoms with van der Waals surface area (Å²) < 4.78 is 2.02. The summed E-state index contributed by atoms with van der Waals surface area (Å²) in [7, 11) is 0. The van der Waals surface area contributed by atoms with Crippen molar-refractivity contribution in [3.8, 4) is 0 Å². The molecule has 0 fully saturated rings. The first kappa shape index (κ1) is 11.2. The minimum Gasteiger partial charge on any atom is -0.390 e. The Morgan fingerprint density at radius 3 is 2.64 bits per heavy atom. The van der Waals surface area contributed by atoms with Crippen LogP contribution in [0.15, 0.2) is 12.5 Å². The molecule has 1 aromatic heterocycles. The van der Waals surface area contributed by atoms with Gasteiger partial charge in [0.25, 0.3) is 0 Å². The second-order valence-corrected chi connectivity index (χ2v) is 3.29. The number of imidazole rings is 1. The lowest BCUT2D eigenvalue weighted by molar-refractivity contribution is 0.276. The van der Waals surface area contributed by atoms with Crippen LogP contribution in [0.3, 0.4) is 0 Å². The SMILES string of the molecule is CCN(CC)CCn1cnc(CO)c1. The molecule has 14 heavy (non-hydrogen) atoms. The molecule has 1 heterocycles. The third-order valence-electron chi connectivity index (χ3n) is 2.42. The lowest BCUT2D eigenvalue weighted by Gasteiger charge is -2.17. The van der Waals surface area contributed by atoms with Gasteiger partial charge in [0.15, 0.2) is 0 Å². The number of nitrogens with zero attached hydrogens (tertiary/aromatic N) is 3. The van der Waals surface area contributed by atoms with Gasteiger partial charge in [-0.3, -0.25) is 0 Å². The number of likely N-dealkylation sites (N-methyl/N-ethyl adjacent to an activating group) is 1. The highest BCUT2D eigenvalue weighted by Crippen LogP contribution is 1.96. The normalized spacial score (nSPS) is 11.1. The summed E-state index contributed by atoms with van der Waals surface area (Å²) in [5.74, 6) is 0.